The molecule has 0 bridgehead atoms. The highest BCUT2D eigenvalue weighted by molar-refractivity contribution is 5.85. The van der Waals surface area contributed by atoms with E-state index in [4.69, 9.17) is 11.5 Å². The fourth-order valence-electron chi connectivity index (χ4n) is 3.17. The van der Waals surface area contributed by atoms with Crippen LogP contribution in [0.3, 0.4) is 0 Å². The molecule has 4 nitrogen and oxygen atoms in total. The minimum absolute atomic E-state index is 0.318. The SMILES string of the molecule is CCC1CCCN(CC(N)(C(N)=O)C2CC2)CC1. The van der Waals surface area contributed by atoms with Gasteiger partial charge in [0.05, 0.1) is 0 Å². The van der Waals surface area contributed by atoms with Gasteiger partial charge in [0.1, 0.15) is 5.54 Å². The van der Waals surface area contributed by atoms with Crippen LogP contribution in [0.25, 0.3) is 0 Å². The molecule has 2 atom stereocenters. The molecule has 0 aromatic carbocycles. The summed E-state index contributed by atoms with van der Waals surface area (Å²) in [6.45, 7) is 5.05. The Morgan fingerprint density at radius 3 is 2.56 bits per heavy atom. The number of rotatable bonds is 5. The fourth-order valence-corrected chi connectivity index (χ4v) is 3.17. The minimum Gasteiger partial charge on any atom is -0.368 e. The van der Waals surface area contributed by atoms with Crippen LogP contribution in [0.4, 0.5) is 0 Å². The second-order valence-corrected chi connectivity index (χ2v) is 6.16. The monoisotopic (exact) mass is 253 g/mol. The maximum atomic E-state index is 11.7. The van der Waals surface area contributed by atoms with Crippen LogP contribution in [0.15, 0.2) is 0 Å². The molecule has 1 saturated heterocycles. The minimum atomic E-state index is -0.786. The molecule has 0 aromatic rings. The van der Waals surface area contributed by atoms with E-state index in [0.717, 1.165) is 31.8 Å². The number of amides is 1. The lowest BCUT2D eigenvalue weighted by Crippen LogP contribution is -2.60. The Hall–Kier alpha value is -0.610. The van der Waals surface area contributed by atoms with Crippen LogP contribution in [0, 0.1) is 11.8 Å². The van der Waals surface area contributed by atoms with Gasteiger partial charge in [-0.1, -0.05) is 13.3 Å². The zero-order chi connectivity index (χ0) is 13.2. The van der Waals surface area contributed by atoms with Gasteiger partial charge in [-0.15, -0.1) is 0 Å². The van der Waals surface area contributed by atoms with Crippen molar-refractivity contribution in [1.29, 1.82) is 0 Å². The predicted octanol–water partition coefficient (Wildman–Crippen LogP) is 1.09. The zero-order valence-corrected chi connectivity index (χ0v) is 11.5. The van der Waals surface area contributed by atoms with E-state index in [9.17, 15) is 4.79 Å². The standard InChI is InChI=1S/C14H27N3O/c1-2-11-4-3-8-17(9-7-11)10-14(16,13(15)18)12-5-6-12/h11-12H,2-10,16H2,1H3,(H2,15,18). The van der Waals surface area contributed by atoms with Crippen LogP contribution in [0.5, 0.6) is 0 Å². The van der Waals surface area contributed by atoms with Gasteiger partial charge in [0.2, 0.25) is 5.91 Å². The number of hydrogen-bond donors (Lipinski definition) is 2. The quantitative estimate of drug-likeness (QED) is 0.770. The van der Waals surface area contributed by atoms with Gasteiger partial charge in [0.25, 0.3) is 0 Å². The molecule has 1 amide bonds. The Bertz CT molecular complexity index is 303. The average Bonchev–Trinajstić information content (AvgIpc) is 3.16. The third-order valence-corrected chi connectivity index (χ3v) is 4.77. The molecular formula is C14H27N3O. The van der Waals surface area contributed by atoms with Gasteiger partial charge in [-0.3, -0.25) is 4.79 Å². The molecule has 1 saturated carbocycles. The van der Waals surface area contributed by atoms with E-state index < -0.39 is 5.54 Å². The topological polar surface area (TPSA) is 72.3 Å². The first-order valence-corrected chi connectivity index (χ1v) is 7.37. The maximum absolute atomic E-state index is 11.7. The number of carbonyl (C=O) groups excluding carboxylic acids is 1. The van der Waals surface area contributed by atoms with Crippen molar-refractivity contribution in [3.05, 3.63) is 0 Å². The van der Waals surface area contributed by atoms with Crippen LogP contribution >= 0.6 is 0 Å². The number of nitrogens with zero attached hydrogens (tertiary/aromatic N) is 1. The highest BCUT2D eigenvalue weighted by Crippen LogP contribution is 2.39. The molecule has 0 radical (unpaired) electrons. The smallest absolute Gasteiger partial charge is 0.239 e. The van der Waals surface area contributed by atoms with Crippen molar-refractivity contribution >= 4 is 5.91 Å². The molecule has 4 N–H and O–H groups in total. The van der Waals surface area contributed by atoms with Crippen LogP contribution < -0.4 is 11.5 Å². The Morgan fingerprint density at radius 2 is 2.00 bits per heavy atom. The molecule has 2 fully saturated rings. The lowest BCUT2D eigenvalue weighted by molar-refractivity contribution is -0.124. The molecule has 2 aliphatic rings. The molecule has 1 heterocycles. The van der Waals surface area contributed by atoms with E-state index >= 15 is 0 Å². The van der Waals surface area contributed by atoms with E-state index in [0.29, 0.717) is 12.5 Å². The normalized spacial score (nSPS) is 29.6. The largest absolute Gasteiger partial charge is 0.368 e. The highest BCUT2D eigenvalue weighted by Gasteiger charge is 2.47. The molecule has 104 valence electrons. The summed E-state index contributed by atoms with van der Waals surface area (Å²) in [7, 11) is 0. The third kappa shape index (κ3) is 3.04. The summed E-state index contributed by atoms with van der Waals surface area (Å²) in [6, 6.07) is 0. The summed E-state index contributed by atoms with van der Waals surface area (Å²) >= 11 is 0. The van der Waals surface area contributed by atoms with E-state index in [1.54, 1.807) is 0 Å². The second-order valence-electron chi connectivity index (χ2n) is 6.16. The molecule has 0 aromatic heterocycles. The number of nitrogens with two attached hydrogens (primary N) is 2. The van der Waals surface area contributed by atoms with Crippen molar-refractivity contribution < 1.29 is 4.79 Å². The van der Waals surface area contributed by atoms with Gasteiger partial charge in [-0.05, 0) is 57.0 Å². The Kier molecular flexibility index (Phi) is 4.28. The molecule has 2 rings (SSSR count). The number of carbonyl (C=O) groups is 1. The predicted molar refractivity (Wildman–Crippen MR) is 72.9 cm³/mol. The summed E-state index contributed by atoms with van der Waals surface area (Å²) in [5.41, 5.74) is 11.0. The van der Waals surface area contributed by atoms with Gasteiger partial charge < -0.3 is 16.4 Å². The molecule has 18 heavy (non-hydrogen) atoms. The number of likely N-dealkylation sites (tertiary alicyclic amines) is 1. The Balaban J connectivity index is 1.93. The van der Waals surface area contributed by atoms with Crippen molar-refractivity contribution in [2.45, 2.75) is 51.0 Å². The van der Waals surface area contributed by atoms with Crippen molar-refractivity contribution in [3.8, 4) is 0 Å². The van der Waals surface area contributed by atoms with E-state index in [1.165, 1.54) is 25.7 Å². The van der Waals surface area contributed by atoms with Crippen molar-refractivity contribution in [2.24, 2.45) is 23.3 Å². The summed E-state index contributed by atoms with van der Waals surface area (Å²) in [5.74, 6) is 0.846. The molecular weight excluding hydrogens is 226 g/mol. The van der Waals surface area contributed by atoms with E-state index in [1.807, 2.05) is 0 Å². The van der Waals surface area contributed by atoms with Crippen molar-refractivity contribution in [3.63, 3.8) is 0 Å². The first kappa shape index (κ1) is 13.8. The second kappa shape index (κ2) is 5.57. The molecule has 2 unspecified atom stereocenters. The van der Waals surface area contributed by atoms with E-state index in [-0.39, 0.29) is 5.91 Å². The summed E-state index contributed by atoms with van der Waals surface area (Å²) in [5, 5.41) is 0. The summed E-state index contributed by atoms with van der Waals surface area (Å²) in [6.07, 6.45) is 7.15. The van der Waals surface area contributed by atoms with Gasteiger partial charge in [0, 0.05) is 6.54 Å². The Morgan fingerprint density at radius 1 is 1.28 bits per heavy atom. The fraction of sp³-hybridized carbons (Fsp3) is 0.929. The number of hydrogen-bond acceptors (Lipinski definition) is 3. The van der Waals surface area contributed by atoms with Crippen LogP contribution in [-0.2, 0) is 4.79 Å². The van der Waals surface area contributed by atoms with Gasteiger partial charge in [-0.25, -0.2) is 0 Å². The van der Waals surface area contributed by atoms with Gasteiger partial charge in [-0.2, -0.15) is 0 Å². The lowest BCUT2D eigenvalue weighted by Gasteiger charge is -2.32. The average molecular weight is 253 g/mol. The van der Waals surface area contributed by atoms with Crippen LogP contribution in [0.2, 0.25) is 0 Å². The van der Waals surface area contributed by atoms with Crippen LogP contribution in [-0.4, -0.2) is 36.0 Å². The molecule has 1 aliphatic heterocycles. The summed E-state index contributed by atoms with van der Waals surface area (Å²) < 4.78 is 0. The van der Waals surface area contributed by atoms with Gasteiger partial charge >= 0.3 is 0 Å². The van der Waals surface area contributed by atoms with Gasteiger partial charge in [0.15, 0.2) is 0 Å². The Labute approximate surface area is 110 Å². The first-order valence-electron chi connectivity index (χ1n) is 7.37. The molecule has 0 spiro atoms. The number of primary amides is 1. The van der Waals surface area contributed by atoms with E-state index in [2.05, 4.69) is 11.8 Å². The van der Waals surface area contributed by atoms with Crippen molar-refractivity contribution in [2.75, 3.05) is 19.6 Å². The van der Waals surface area contributed by atoms with Crippen LogP contribution in [0.1, 0.15) is 45.4 Å². The third-order valence-electron chi connectivity index (χ3n) is 4.77. The maximum Gasteiger partial charge on any atom is 0.239 e. The highest BCUT2D eigenvalue weighted by atomic mass is 16.1. The first-order chi connectivity index (χ1) is 8.56. The molecule has 1 aliphatic carbocycles. The lowest BCUT2D eigenvalue weighted by atomic mass is 9.92. The zero-order valence-electron chi connectivity index (χ0n) is 11.5. The van der Waals surface area contributed by atoms with Crippen molar-refractivity contribution in [1.82, 2.24) is 4.90 Å². The summed E-state index contributed by atoms with van der Waals surface area (Å²) in [4.78, 5) is 14.0. The molecule has 4 heteroatoms.